The van der Waals surface area contributed by atoms with Crippen molar-refractivity contribution in [2.45, 2.75) is 13.8 Å². The third-order valence-corrected chi connectivity index (χ3v) is 5.57. The quantitative estimate of drug-likeness (QED) is 0.249. The number of likely N-dealkylation sites (N-methyl/N-ethyl adjacent to an activating group) is 2. The summed E-state index contributed by atoms with van der Waals surface area (Å²) in [5, 5.41) is 0.0497. The minimum Gasteiger partial charge on any atom is -1.00 e. The van der Waals surface area contributed by atoms with Gasteiger partial charge in [0.05, 0.1) is 68.5 Å². The van der Waals surface area contributed by atoms with Crippen LogP contribution in [0, 0.1) is 0 Å². The first-order chi connectivity index (χ1) is 19.6. The summed E-state index contributed by atoms with van der Waals surface area (Å²) < 4.78 is 35.0. The van der Waals surface area contributed by atoms with Gasteiger partial charge in [0.1, 0.15) is 13.1 Å². The molecule has 0 unspecified atom stereocenters. The van der Waals surface area contributed by atoms with Crippen molar-refractivity contribution in [3.8, 4) is 24.0 Å². The second-order valence-electron chi connectivity index (χ2n) is 8.48. The summed E-state index contributed by atoms with van der Waals surface area (Å²) in [4.78, 5) is 35.7. The van der Waals surface area contributed by atoms with Gasteiger partial charge in [-0.3, -0.25) is 9.28 Å². The molecule has 0 radical (unpaired) electrons. The van der Waals surface area contributed by atoms with Crippen molar-refractivity contribution in [1.29, 1.82) is 0 Å². The third kappa shape index (κ3) is 15.4. The molecule has 0 aliphatic carbocycles. The molecule has 4 heterocycles. The van der Waals surface area contributed by atoms with Gasteiger partial charge in [0.25, 0.3) is 0 Å². The molecule has 2 fully saturated rings. The maximum atomic E-state index is 9.82. The lowest BCUT2D eigenvalue weighted by molar-refractivity contribution is -0.140. The van der Waals surface area contributed by atoms with Crippen LogP contribution in [0.2, 0.25) is 5.28 Å². The fraction of sp³-hybridized carbons (Fsp3) is 0.708. The Labute approximate surface area is 258 Å². The van der Waals surface area contributed by atoms with E-state index < -0.39 is 0 Å². The van der Waals surface area contributed by atoms with E-state index in [1.54, 1.807) is 6.92 Å². The molecule has 4 rings (SSSR count). The van der Waals surface area contributed by atoms with Crippen LogP contribution in [0.1, 0.15) is 13.8 Å². The standard InChI is InChI=1S/C10H17N4O3.C5H6ClN3O2.C5H11NO.C4H8O2.ClH/c1-14(4-6-17-7-5-14)8-11-9(15-2)13-10(12-8)16-3;1-10-4-7-3(6)8-5(9-4)11-2;1-6-2-4-7-5-3-6;1-3-6-4(2)5;/h4-7H2,1-3H3;1-2H3;2-5H2,1H3;3H2,1-2H3;1H/q+1;;;;/p-1. The first-order valence-corrected chi connectivity index (χ1v) is 13.1. The van der Waals surface area contributed by atoms with Gasteiger partial charge in [0.15, 0.2) is 0 Å². The van der Waals surface area contributed by atoms with Crippen LogP contribution >= 0.6 is 11.6 Å². The summed E-state index contributed by atoms with van der Waals surface area (Å²) >= 11 is 5.49. The summed E-state index contributed by atoms with van der Waals surface area (Å²) in [6.07, 6.45) is 0. The van der Waals surface area contributed by atoms with Gasteiger partial charge in [-0.05, 0) is 25.6 Å². The second-order valence-corrected chi connectivity index (χ2v) is 8.82. The van der Waals surface area contributed by atoms with Gasteiger partial charge in [-0.2, -0.15) is 9.97 Å². The number of aromatic nitrogens is 6. The van der Waals surface area contributed by atoms with Crippen LogP contribution < -0.4 is 35.8 Å². The van der Waals surface area contributed by atoms with Gasteiger partial charge in [-0.25, -0.2) is 0 Å². The number of ether oxygens (including phenoxy) is 7. The van der Waals surface area contributed by atoms with Crippen LogP contribution in [0.25, 0.3) is 0 Å². The van der Waals surface area contributed by atoms with Gasteiger partial charge in [-0.1, -0.05) is 0 Å². The van der Waals surface area contributed by atoms with E-state index in [2.05, 4.69) is 53.6 Å². The molecule has 0 atom stereocenters. The summed E-state index contributed by atoms with van der Waals surface area (Å²) in [5.74, 6) is 0.439. The number of methoxy groups -OCH3 is 4. The van der Waals surface area contributed by atoms with E-state index in [0.717, 1.165) is 39.4 Å². The van der Waals surface area contributed by atoms with Crippen LogP contribution in [0.3, 0.4) is 0 Å². The minimum absolute atomic E-state index is 0. The number of nitrogens with zero attached hydrogens (tertiary/aromatic N) is 8. The lowest BCUT2D eigenvalue weighted by Gasteiger charge is -2.34. The number of carbonyl (C=O) groups is 1. The molecule has 2 saturated heterocycles. The van der Waals surface area contributed by atoms with Crippen molar-refractivity contribution in [2.24, 2.45) is 0 Å². The van der Waals surface area contributed by atoms with Crippen molar-refractivity contribution in [3.63, 3.8) is 0 Å². The molecule has 0 N–H and O–H groups in total. The zero-order chi connectivity index (χ0) is 30.7. The second kappa shape index (κ2) is 21.8. The lowest BCUT2D eigenvalue weighted by Crippen LogP contribution is -3.00. The highest BCUT2D eigenvalue weighted by atomic mass is 35.5. The number of hydrogen-bond donors (Lipinski definition) is 0. The van der Waals surface area contributed by atoms with Gasteiger partial charge in [0.2, 0.25) is 5.28 Å². The Morgan fingerprint density at radius 1 is 0.810 bits per heavy atom. The molecule has 18 heteroatoms. The largest absolute Gasteiger partial charge is 1.00 e. The Kier molecular flexibility index (Phi) is 20.3. The predicted octanol–water partition coefficient (Wildman–Crippen LogP) is -2.08. The molecule has 16 nitrogen and oxygen atoms in total. The van der Waals surface area contributed by atoms with E-state index in [1.807, 2.05) is 0 Å². The topological polar surface area (TPSA) is 162 Å². The predicted molar refractivity (Wildman–Crippen MR) is 150 cm³/mol. The molecule has 2 aliphatic heterocycles. The number of carbonyl (C=O) groups excluding carboxylic acids is 1. The van der Waals surface area contributed by atoms with E-state index >= 15 is 0 Å². The molecule has 2 aromatic heterocycles. The Morgan fingerprint density at radius 2 is 1.21 bits per heavy atom. The number of rotatable bonds is 6. The van der Waals surface area contributed by atoms with Crippen molar-refractivity contribution < 1.29 is 50.4 Å². The Morgan fingerprint density at radius 3 is 1.52 bits per heavy atom. The number of quaternary nitrogens is 1. The van der Waals surface area contributed by atoms with Gasteiger partial charge in [0, 0.05) is 20.0 Å². The molecule has 0 bridgehead atoms. The number of hydrogen-bond acceptors (Lipinski definition) is 15. The monoisotopic (exact) mass is 640 g/mol. The molecule has 42 heavy (non-hydrogen) atoms. The summed E-state index contributed by atoms with van der Waals surface area (Å²) in [6, 6.07) is 0.832. The lowest BCUT2D eigenvalue weighted by atomic mass is 10.4. The van der Waals surface area contributed by atoms with E-state index in [4.69, 9.17) is 40.0 Å². The number of morpholine rings is 2. The van der Waals surface area contributed by atoms with Crippen LogP contribution in [0.5, 0.6) is 24.0 Å². The highest BCUT2D eigenvalue weighted by Crippen LogP contribution is 2.22. The normalized spacial score (nSPS) is 15.4. The van der Waals surface area contributed by atoms with Gasteiger partial charge in [-0.15, -0.1) is 19.9 Å². The van der Waals surface area contributed by atoms with Gasteiger partial charge < -0.3 is 50.5 Å². The van der Waals surface area contributed by atoms with Crippen LogP contribution in [0.4, 0.5) is 5.95 Å². The Bertz CT molecular complexity index is 987. The zero-order valence-electron chi connectivity index (χ0n) is 25.5. The number of esters is 1. The van der Waals surface area contributed by atoms with Crippen LogP contribution in [0.15, 0.2) is 0 Å². The fourth-order valence-corrected chi connectivity index (χ4v) is 3.20. The summed E-state index contributed by atoms with van der Waals surface area (Å²) in [5.41, 5.74) is 0. The minimum atomic E-state index is -0.211. The average Bonchev–Trinajstić information content (AvgIpc) is 2.98. The molecule has 2 aliphatic rings. The first kappa shape index (κ1) is 39.1. The highest BCUT2D eigenvalue weighted by molar-refractivity contribution is 6.28. The molecule has 2 aromatic rings. The number of halogens is 2. The average molecular weight is 642 g/mol. The maximum Gasteiger partial charge on any atom is 0.338 e. The van der Waals surface area contributed by atoms with E-state index in [0.29, 0.717) is 30.3 Å². The third-order valence-electron chi connectivity index (χ3n) is 5.40. The summed E-state index contributed by atoms with van der Waals surface area (Å²) in [6.45, 7) is 10.7. The van der Waals surface area contributed by atoms with E-state index in [9.17, 15) is 4.79 Å². The van der Waals surface area contributed by atoms with Gasteiger partial charge >= 0.3 is 36.0 Å². The molecule has 0 aromatic carbocycles. The fourth-order valence-electron chi connectivity index (χ4n) is 3.05. The Balaban J connectivity index is 0.000000580. The van der Waals surface area contributed by atoms with Crippen LogP contribution in [-0.2, 0) is 19.0 Å². The molecule has 240 valence electrons. The van der Waals surface area contributed by atoms with Crippen molar-refractivity contribution >= 4 is 23.5 Å². The molecule has 0 spiro atoms. The maximum absolute atomic E-state index is 9.82. The van der Waals surface area contributed by atoms with E-state index in [1.165, 1.54) is 35.4 Å². The smallest absolute Gasteiger partial charge is 0.338 e. The van der Waals surface area contributed by atoms with Crippen molar-refractivity contribution in [1.82, 2.24) is 39.3 Å². The first-order valence-electron chi connectivity index (χ1n) is 12.8. The molecule has 0 amide bonds. The molecular weight excluding hydrogens is 599 g/mol. The highest BCUT2D eigenvalue weighted by Gasteiger charge is 2.32. The zero-order valence-corrected chi connectivity index (χ0v) is 27.0. The van der Waals surface area contributed by atoms with Crippen molar-refractivity contribution in [3.05, 3.63) is 5.28 Å². The summed E-state index contributed by atoms with van der Waals surface area (Å²) in [7, 11) is 10.1. The van der Waals surface area contributed by atoms with Crippen LogP contribution in [-0.4, -0.2) is 143 Å². The van der Waals surface area contributed by atoms with Crippen molar-refractivity contribution in [2.75, 3.05) is 102 Å². The Hall–Kier alpha value is -2.89. The molecular formula is C24H42Cl2N8O8. The molecule has 0 saturated carbocycles. The SMILES string of the molecule is CCOC(C)=O.CN1CCOCC1.COc1nc(Cl)nc(OC)n1.COc1nc(OC)nc([N+]2(C)CCOCC2)n1.[Cl-]. The van der Waals surface area contributed by atoms with E-state index in [-0.39, 0.29) is 47.7 Å².